The molecule has 0 saturated heterocycles. The van der Waals surface area contributed by atoms with Gasteiger partial charge in [-0.15, -0.1) is 0 Å². The molecule has 3 rings (SSSR count). The molecule has 2 aromatic heterocycles. The number of rotatable bonds is 5. The maximum atomic E-state index is 12.0. The number of hydrogen-bond acceptors (Lipinski definition) is 4. The molecule has 0 saturated carbocycles. The molecule has 1 amide bonds. The number of amides is 1. The van der Waals surface area contributed by atoms with E-state index in [2.05, 4.69) is 15.3 Å². The van der Waals surface area contributed by atoms with Crippen molar-refractivity contribution >= 4 is 11.7 Å². The number of pyridine rings is 1. The molecular weight excluding hydrogens is 302 g/mol. The van der Waals surface area contributed by atoms with E-state index in [0.29, 0.717) is 30.3 Å². The lowest BCUT2D eigenvalue weighted by molar-refractivity contribution is -0.116. The molecule has 5 nitrogen and oxygen atoms in total. The topological polar surface area (TPSA) is 68.0 Å². The summed E-state index contributed by atoms with van der Waals surface area (Å²) in [6.45, 7) is 3.99. The lowest BCUT2D eigenvalue weighted by Crippen LogP contribution is -2.13. The third kappa shape index (κ3) is 4.07. The van der Waals surface area contributed by atoms with Crippen LogP contribution in [0.15, 0.2) is 53.2 Å². The molecule has 0 atom stereocenters. The SMILES string of the molecule is Cc1ccc(-c2cnc(CCC(=O)Nc3ccc(C)cn3)o2)cc1. The van der Waals surface area contributed by atoms with E-state index in [9.17, 15) is 4.79 Å². The van der Waals surface area contributed by atoms with Crippen molar-refractivity contribution in [1.29, 1.82) is 0 Å². The summed E-state index contributed by atoms with van der Waals surface area (Å²) in [5.74, 6) is 1.71. The number of nitrogens with zero attached hydrogens (tertiary/aromatic N) is 2. The van der Waals surface area contributed by atoms with Crippen LogP contribution in [0.4, 0.5) is 5.82 Å². The van der Waals surface area contributed by atoms with Crippen LogP contribution in [0.5, 0.6) is 0 Å². The van der Waals surface area contributed by atoms with Gasteiger partial charge in [-0.05, 0) is 25.5 Å². The summed E-state index contributed by atoms with van der Waals surface area (Å²) < 4.78 is 5.72. The minimum Gasteiger partial charge on any atom is -0.441 e. The van der Waals surface area contributed by atoms with Gasteiger partial charge in [0.15, 0.2) is 11.7 Å². The highest BCUT2D eigenvalue weighted by Gasteiger charge is 2.09. The van der Waals surface area contributed by atoms with Crippen molar-refractivity contribution in [2.24, 2.45) is 0 Å². The van der Waals surface area contributed by atoms with Gasteiger partial charge in [-0.3, -0.25) is 4.79 Å². The Morgan fingerprint density at radius 2 is 1.75 bits per heavy atom. The van der Waals surface area contributed by atoms with E-state index >= 15 is 0 Å². The largest absolute Gasteiger partial charge is 0.441 e. The Hall–Kier alpha value is -2.95. The first-order chi connectivity index (χ1) is 11.6. The summed E-state index contributed by atoms with van der Waals surface area (Å²) in [6.07, 6.45) is 4.16. The average Bonchev–Trinajstić information content (AvgIpc) is 3.05. The number of aromatic nitrogens is 2. The summed E-state index contributed by atoms with van der Waals surface area (Å²) in [5.41, 5.74) is 3.23. The fourth-order valence-electron chi connectivity index (χ4n) is 2.24. The zero-order chi connectivity index (χ0) is 16.9. The van der Waals surface area contributed by atoms with Crippen LogP contribution in [-0.4, -0.2) is 15.9 Å². The van der Waals surface area contributed by atoms with E-state index in [-0.39, 0.29) is 5.91 Å². The number of oxazole rings is 1. The van der Waals surface area contributed by atoms with Gasteiger partial charge in [0, 0.05) is 24.6 Å². The van der Waals surface area contributed by atoms with Gasteiger partial charge >= 0.3 is 0 Å². The molecule has 3 aromatic rings. The number of carbonyl (C=O) groups excluding carboxylic acids is 1. The van der Waals surface area contributed by atoms with E-state index in [1.54, 1.807) is 18.5 Å². The average molecular weight is 321 g/mol. The first-order valence-corrected chi connectivity index (χ1v) is 7.84. The molecule has 24 heavy (non-hydrogen) atoms. The lowest BCUT2D eigenvalue weighted by Gasteiger charge is -2.03. The van der Waals surface area contributed by atoms with E-state index in [1.807, 2.05) is 44.2 Å². The molecule has 0 aliphatic heterocycles. The van der Waals surface area contributed by atoms with Crippen LogP contribution in [0, 0.1) is 13.8 Å². The highest BCUT2D eigenvalue weighted by atomic mass is 16.4. The molecule has 0 aliphatic carbocycles. The second-order valence-corrected chi connectivity index (χ2v) is 5.75. The number of anilines is 1. The summed E-state index contributed by atoms with van der Waals surface area (Å²) in [5, 5.41) is 2.76. The molecule has 2 heterocycles. The molecule has 0 bridgehead atoms. The first-order valence-electron chi connectivity index (χ1n) is 7.84. The highest BCUT2D eigenvalue weighted by molar-refractivity contribution is 5.89. The Morgan fingerprint density at radius 1 is 1.00 bits per heavy atom. The van der Waals surface area contributed by atoms with Crippen molar-refractivity contribution in [2.75, 3.05) is 5.32 Å². The summed E-state index contributed by atoms with van der Waals surface area (Å²) in [6, 6.07) is 11.7. The lowest BCUT2D eigenvalue weighted by atomic mass is 10.1. The van der Waals surface area contributed by atoms with Crippen molar-refractivity contribution in [2.45, 2.75) is 26.7 Å². The number of hydrogen-bond donors (Lipinski definition) is 1. The van der Waals surface area contributed by atoms with Crippen LogP contribution in [0.1, 0.15) is 23.4 Å². The molecule has 1 N–H and O–H groups in total. The predicted octanol–water partition coefficient (Wildman–Crippen LogP) is 3.92. The third-order valence-electron chi connectivity index (χ3n) is 3.63. The Labute approximate surface area is 140 Å². The maximum Gasteiger partial charge on any atom is 0.226 e. The monoisotopic (exact) mass is 321 g/mol. The molecule has 0 aliphatic rings. The fourth-order valence-corrected chi connectivity index (χ4v) is 2.24. The zero-order valence-corrected chi connectivity index (χ0v) is 13.7. The van der Waals surface area contributed by atoms with Gasteiger partial charge in [-0.1, -0.05) is 35.9 Å². The fraction of sp³-hybridized carbons (Fsp3) is 0.211. The van der Waals surface area contributed by atoms with Crippen LogP contribution in [-0.2, 0) is 11.2 Å². The Bertz CT molecular complexity index is 821. The van der Waals surface area contributed by atoms with Crippen molar-refractivity contribution < 1.29 is 9.21 Å². The standard InChI is InChI=1S/C19H19N3O2/c1-13-3-6-15(7-4-13)16-12-21-19(24-16)10-9-18(23)22-17-8-5-14(2)11-20-17/h3-8,11-12H,9-10H2,1-2H3,(H,20,22,23). The number of benzene rings is 1. The van der Waals surface area contributed by atoms with Crippen LogP contribution in [0.3, 0.4) is 0 Å². The number of nitrogens with one attached hydrogen (secondary N) is 1. The van der Waals surface area contributed by atoms with E-state index in [4.69, 9.17) is 4.42 Å². The Morgan fingerprint density at radius 3 is 2.46 bits per heavy atom. The summed E-state index contributed by atoms with van der Waals surface area (Å²) in [4.78, 5) is 20.4. The van der Waals surface area contributed by atoms with E-state index < -0.39 is 0 Å². The molecule has 122 valence electrons. The highest BCUT2D eigenvalue weighted by Crippen LogP contribution is 2.21. The normalized spacial score (nSPS) is 10.6. The second kappa shape index (κ2) is 7.08. The van der Waals surface area contributed by atoms with Crippen LogP contribution in [0.25, 0.3) is 11.3 Å². The molecule has 0 radical (unpaired) electrons. The van der Waals surface area contributed by atoms with Gasteiger partial charge in [0.25, 0.3) is 0 Å². The molecule has 0 fully saturated rings. The van der Waals surface area contributed by atoms with Crippen molar-refractivity contribution in [1.82, 2.24) is 9.97 Å². The molecule has 5 heteroatoms. The van der Waals surface area contributed by atoms with Crippen LogP contribution >= 0.6 is 0 Å². The molecule has 0 spiro atoms. The maximum absolute atomic E-state index is 12.0. The zero-order valence-electron chi connectivity index (χ0n) is 13.7. The van der Waals surface area contributed by atoms with Gasteiger partial charge in [-0.2, -0.15) is 0 Å². The molecule has 0 unspecified atom stereocenters. The summed E-state index contributed by atoms with van der Waals surface area (Å²) >= 11 is 0. The van der Waals surface area contributed by atoms with E-state index in [1.165, 1.54) is 5.56 Å². The van der Waals surface area contributed by atoms with Crippen molar-refractivity contribution in [3.05, 3.63) is 65.8 Å². The minimum absolute atomic E-state index is 0.110. The predicted molar refractivity (Wildman–Crippen MR) is 92.6 cm³/mol. The Balaban J connectivity index is 1.56. The van der Waals surface area contributed by atoms with E-state index in [0.717, 1.165) is 11.1 Å². The molecule has 1 aromatic carbocycles. The van der Waals surface area contributed by atoms with Gasteiger partial charge in [0.1, 0.15) is 5.82 Å². The smallest absolute Gasteiger partial charge is 0.226 e. The van der Waals surface area contributed by atoms with Gasteiger partial charge in [0.2, 0.25) is 5.91 Å². The minimum atomic E-state index is -0.110. The van der Waals surface area contributed by atoms with Gasteiger partial charge in [0.05, 0.1) is 6.20 Å². The van der Waals surface area contributed by atoms with Gasteiger partial charge in [-0.25, -0.2) is 9.97 Å². The van der Waals surface area contributed by atoms with Crippen molar-refractivity contribution in [3.63, 3.8) is 0 Å². The van der Waals surface area contributed by atoms with Crippen LogP contribution < -0.4 is 5.32 Å². The molecular formula is C19H19N3O2. The van der Waals surface area contributed by atoms with Crippen molar-refractivity contribution in [3.8, 4) is 11.3 Å². The quantitative estimate of drug-likeness (QED) is 0.773. The third-order valence-corrected chi connectivity index (χ3v) is 3.63. The number of aryl methyl sites for hydroxylation is 3. The second-order valence-electron chi connectivity index (χ2n) is 5.75. The summed E-state index contributed by atoms with van der Waals surface area (Å²) in [7, 11) is 0. The first kappa shape index (κ1) is 15.9. The van der Waals surface area contributed by atoms with Crippen LogP contribution in [0.2, 0.25) is 0 Å². The Kier molecular flexibility index (Phi) is 4.70. The van der Waals surface area contributed by atoms with Gasteiger partial charge < -0.3 is 9.73 Å². The number of carbonyl (C=O) groups is 1.